The van der Waals surface area contributed by atoms with Gasteiger partial charge in [-0.05, 0) is 38.0 Å². The first-order valence-electron chi connectivity index (χ1n) is 6.64. The molecule has 0 aromatic heterocycles. The van der Waals surface area contributed by atoms with Crippen molar-refractivity contribution in [3.63, 3.8) is 0 Å². The van der Waals surface area contributed by atoms with E-state index in [1.807, 2.05) is 13.0 Å². The zero-order valence-electron chi connectivity index (χ0n) is 11.8. The summed E-state index contributed by atoms with van der Waals surface area (Å²) in [7, 11) is 0. The van der Waals surface area contributed by atoms with Gasteiger partial charge in [0.2, 0.25) is 5.91 Å². The molecule has 0 saturated carbocycles. The molecule has 1 N–H and O–H groups in total. The van der Waals surface area contributed by atoms with Crippen LogP contribution in [0.15, 0.2) is 36.4 Å². The van der Waals surface area contributed by atoms with E-state index in [9.17, 15) is 4.79 Å². The van der Waals surface area contributed by atoms with E-state index in [2.05, 4.69) is 11.9 Å². The van der Waals surface area contributed by atoms with Gasteiger partial charge in [0.05, 0.1) is 18.2 Å². The largest absolute Gasteiger partial charge is 0.381 e. The maximum absolute atomic E-state index is 11.7. The molecule has 0 radical (unpaired) electrons. The lowest BCUT2D eigenvalue weighted by Crippen LogP contribution is -2.12. The van der Waals surface area contributed by atoms with Crippen molar-refractivity contribution in [2.24, 2.45) is 0 Å². The van der Waals surface area contributed by atoms with E-state index in [4.69, 9.17) is 10.00 Å². The minimum Gasteiger partial charge on any atom is -0.381 e. The molecule has 4 nitrogen and oxygen atoms in total. The summed E-state index contributed by atoms with van der Waals surface area (Å²) in [4.78, 5) is 11.7. The number of carbonyl (C=O) groups is 1. The lowest BCUT2D eigenvalue weighted by molar-refractivity contribution is -0.116. The SMILES string of the molecule is C=C(C)CCOCCCC(=O)Nc1cccc(C#N)c1. The molecule has 106 valence electrons. The van der Waals surface area contributed by atoms with Gasteiger partial charge in [-0.2, -0.15) is 5.26 Å². The summed E-state index contributed by atoms with van der Waals surface area (Å²) in [5.74, 6) is -0.0661. The zero-order chi connectivity index (χ0) is 14.8. The number of nitriles is 1. The highest BCUT2D eigenvalue weighted by Crippen LogP contribution is 2.10. The van der Waals surface area contributed by atoms with Gasteiger partial charge in [-0.3, -0.25) is 4.79 Å². The number of hydrogen-bond acceptors (Lipinski definition) is 3. The van der Waals surface area contributed by atoms with Gasteiger partial charge in [0.25, 0.3) is 0 Å². The molecule has 0 bridgehead atoms. The molecule has 1 aromatic rings. The first-order valence-corrected chi connectivity index (χ1v) is 6.64. The summed E-state index contributed by atoms with van der Waals surface area (Å²) in [6, 6.07) is 8.90. The van der Waals surface area contributed by atoms with Gasteiger partial charge < -0.3 is 10.1 Å². The summed E-state index contributed by atoms with van der Waals surface area (Å²) in [6.07, 6.45) is 1.94. The molecule has 0 aliphatic heterocycles. The summed E-state index contributed by atoms with van der Waals surface area (Å²) >= 11 is 0. The maximum Gasteiger partial charge on any atom is 0.224 e. The van der Waals surface area contributed by atoms with Crippen molar-refractivity contribution in [1.29, 1.82) is 5.26 Å². The lowest BCUT2D eigenvalue weighted by Gasteiger charge is -2.06. The highest BCUT2D eigenvalue weighted by atomic mass is 16.5. The first kappa shape index (κ1) is 15.9. The predicted molar refractivity (Wildman–Crippen MR) is 79.3 cm³/mol. The van der Waals surface area contributed by atoms with E-state index in [1.165, 1.54) is 0 Å². The quantitative estimate of drug-likeness (QED) is 0.583. The third kappa shape index (κ3) is 6.72. The van der Waals surface area contributed by atoms with E-state index in [0.29, 0.717) is 37.3 Å². The van der Waals surface area contributed by atoms with Crippen molar-refractivity contribution in [1.82, 2.24) is 0 Å². The summed E-state index contributed by atoms with van der Waals surface area (Å²) in [6.45, 7) is 6.98. The van der Waals surface area contributed by atoms with Gasteiger partial charge in [0, 0.05) is 18.7 Å². The Morgan fingerprint density at radius 1 is 1.40 bits per heavy atom. The predicted octanol–water partition coefficient (Wildman–Crippen LogP) is 3.26. The Morgan fingerprint density at radius 3 is 2.90 bits per heavy atom. The van der Waals surface area contributed by atoms with Crippen LogP contribution in [0.1, 0.15) is 31.7 Å². The van der Waals surface area contributed by atoms with Crippen LogP contribution in [0.5, 0.6) is 0 Å². The molecule has 0 fully saturated rings. The average molecular weight is 272 g/mol. The number of nitrogens with one attached hydrogen (secondary N) is 1. The second-order valence-corrected chi connectivity index (χ2v) is 4.66. The number of benzene rings is 1. The second-order valence-electron chi connectivity index (χ2n) is 4.66. The Balaban J connectivity index is 2.20. The van der Waals surface area contributed by atoms with Crippen LogP contribution in [-0.2, 0) is 9.53 Å². The molecular formula is C16H20N2O2. The Kier molecular flexibility index (Phi) is 7.08. The molecule has 1 rings (SSSR count). The third-order valence-corrected chi connectivity index (χ3v) is 2.64. The number of carbonyl (C=O) groups excluding carboxylic acids is 1. The Hall–Kier alpha value is -2.12. The van der Waals surface area contributed by atoms with Crippen LogP contribution in [0.25, 0.3) is 0 Å². The molecule has 0 atom stereocenters. The van der Waals surface area contributed by atoms with Gasteiger partial charge in [-0.1, -0.05) is 11.6 Å². The summed E-state index contributed by atoms with van der Waals surface area (Å²) < 4.78 is 5.40. The molecular weight excluding hydrogens is 252 g/mol. The van der Waals surface area contributed by atoms with Crippen LogP contribution in [0.3, 0.4) is 0 Å². The van der Waals surface area contributed by atoms with Crippen molar-refractivity contribution in [3.8, 4) is 6.07 Å². The zero-order valence-corrected chi connectivity index (χ0v) is 11.8. The van der Waals surface area contributed by atoms with Crippen molar-refractivity contribution in [2.75, 3.05) is 18.5 Å². The van der Waals surface area contributed by atoms with Gasteiger partial charge in [-0.25, -0.2) is 0 Å². The van der Waals surface area contributed by atoms with E-state index < -0.39 is 0 Å². The molecule has 0 spiro atoms. The molecule has 0 unspecified atom stereocenters. The fourth-order valence-electron chi connectivity index (χ4n) is 1.57. The van der Waals surface area contributed by atoms with Crippen molar-refractivity contribution >= 4 is 11.6 Å². The Labute approximate surface area is 120 Å². The van der Waals surface area contributed by atoms with Crippen LogP contribution in [0, 0.1) is 11.3 Å². The van der Waals surface area contributed by atoms with Crippen molar-refractivity contribution in [3.05, 3.63) is 42.0 Å². The van der Waals surface area contributed by atoms with Crippen LogP contribution < -0.4 is 5.32 Å². The summed E-state index contributed by atoms with van der Waals surface area (Å²) in [5, 5.41) is 11.5. The first-order chi connectivity index (χ1) is 9.61. The normalized spacial score (nSPS) is 9.80. The highest BCUT2D eigenvalue weighted by molar-refractivity contribution is 5.90. The highest BCUT2D eigenvalue weighted by Gasteiger charge is 2.03. The standard InChI is InChI=1S/C16H20N2O2/c1-13(2)8-10-20-9-4-7-16(19)18-15-6-3-5-14(11-15)12-17/h3,5-6,11H,1,4,7-10H2,2H3,(H,18,19). The number of anilines is 1. The number of hydrogen-bond donors (Lipinski definition) is 1. The fourth-order valence-corrected chi connectivity index (χ4v) is 1.57. The monoisotopic (exact) mass is 272 g/mol. The topological polar surface area (TPSA) is 62.1 Å². The molecule has 20 heavy (non-hydrogen) atoms. The van der Waals surface area contributed by atoms with Crippen LogP contribution in [-0.4, -0.2) is 19.1 Å². The minimum absolute atomic E-state index is 0.0661. The third-order valence-electron chi connectivity index (χ3n) is 2.64. The van der Waals surface area contributed by atoms with E-state index >= 15 is 0 Å². The Morgan fingerprint density at radius 2 is 2.20 bits per heavy atom. The minimum atomic E-state index is -0.0661. The molecule has 0 saturated heterocycles. The molecule has 1 amide bonds. The maximum atomic E-state index is 11.7. The van der Waals surface area contributed by atoms with Crippen molar-refractivity contribution < 1.29 is 9.53 Å². The van der Waals surface area contributed by atoms with Gasteiger partial charge in [0.1, 0.15) is 0 Å². The summed E-state index contributed by atoms with van der Waals surface area (Å²) in [5.41, 5.74) is 2.28. The van der Waals surface area contributed by atoms with E-state index in [1.54, 1.807) is 24.3 Å². The van der Waals surface area contributed by atoms with Crippen LogP contribution >= 0.6 is 0 Å². The Bertz CT molecular complexity index is 503. The average Bonchev–Trinajstić information content (AvgIpc) is 2.42. The molecule has 1 aromatic carbocycles. The number of nitrogens with zero attached hydrogens (tertiary/aromatic N) is 1. The van der Waals surface area contributed by atoms with Crippen LogP contribution in [0.4, 0.5) is 5.69 Å². The second kappa shape index (κ2) is 8.89. The number of ether oxygens (including phenoxy) is 1. The van der Waals surface area contributed by atoms with Crippen LogP contribution in [0.2, 0.25) is 0 Å². The van der Waals surface area contributed by atoms with Gasteiger partial charge in [0.15, 0.2) is 0 Å². The molecule has 0 heterocycles. The molecule has 4 heteroatoms. The van der Waals surface area contributed by atoms with E-state index in [-0.39, 0.29) is 5.91 Å². The smallest absolute Gasteiger partial charge is 0.224 e. The van der Waals surface area contributed by atoms with Gasteiger partial charge >= 0.3 is 0 Å². The van der Waals surface area contributed by atoms with Gasteiger partial charge in [-0.15, -0.1) is 6.58 Å². The molecule has 0 aliphatic rings. The van der Waals surface area contributed by atoms with Crippen molar-refractivity contribution in [2.45, 2.75) is 26.2 Å². The van der Waals surface area contributed by atoms with E-state index in [0.717, 1.165) is 12.0 Å². The fraction of sp³-hybridized carbons (Fsp3) is 0.375. The number of amides is 1. The number of rotatable bonds is 8. The molecule has 0 aliphatic carbocycles. The lowest BCUT2D eigenvalue weighted by atomic mass is 10.2.